The summed E-state index contributed by atoms with van der Waals surface area (Å²) in [7, 11) is 0. The Balaban J connectivity index is 1.60. The lowest BCUT2D eigenvalue weighted by atomic mass is 9.99. The topological polar surface area (TPSA) is 73.9 Å². The monoisotopic (exact) mass is 401 g/mol. The Kier molecular flexibility index (Phi) is 6.05. The number of nitriles is 1. The molecule has 2 aromatic heterocycles. The van der Waals surface area contributed by atoms with Crippen LogP contribution in [-0.2, 0) is 19.5 Å². The molecule has 30 heavy (non-hydrogen) atoms. The third-order valence-electron chi connectivity index (χ3n) is 5.89. The maximum atomic E-state index is 8.97. The Hall–Kier alpha value is -3.24. The normalized spacial score (nSPS) is 17.1. The minimum atomic E-state index is 0.223. The van der Waals surface area contributed by atoms with Crippen molar-refractivity contribution in [3.63, 3.8) is 0 Å². The van der Waals surface area contributed by atoms with E-state index in [0.717, 1.165) is 44.1 Å². The summed E-state index contributed by atoms with van der Waals surface area (Å²) in [5.74, 6) is 0.915. The number of piperazine rings is 1. The van der Waals surface area contributed by atoms with Gasteiger partial charge in [-0.15, -0.1) is 0 Å². The summed E-state index contributed by atoms with van der Waals surface area (Å²) >= 11 is 0. The first-order valence-corrected chi connectivity index (χ1v) is 10.4. The fourth-order valence-corrected chi connectivity index (χ4v) is 4.12. The minimum Gasteiger partial charge on any atom is -0.352 e. The standard InChI is InChI=1S/C23H27N7/c1-3-30-18(2)21(14-27-30)16-28-12-13-29(23-15-25-10-11-26-23)17-22(28)20-6-4-19(5-7-20)8-9-24/h4-7,10-11,14-15,22H,3,8,12-13,16-17H2,1-2H3. The smallest absolute Gasteiger partial charge is 0.147 e. The first-order valence-electron chi connectivity index (χ1n) is 10.4. The van der Waals surface area contributed by atoms with Crippen LogP contribution >= 0.6 is 0 Å². The van der Waals surface area contributed by atoms with Gasteiger partial charge in [0, 0.05) is 56.4 Å². The minimum absolute atomic E-state index is 0.223. The first kappa shape index (κ1) is 20.0. The van der Waals surface area contributed by atoms with Crippen LogP contribution in [-0.4, -0.2) is 44.3 Å². The summed E-state index contributed by atoms with van der Waals surface area (Å²) in [4.78, 5) is 13.6. The van der Waals surface area contributed by atoms with Crippen molar-refractivity contribution in [3.8, 4) is 6.07 Å². The van der Waals surface area contributed by atoms with Crippen molar-refractivity contribution < 1.29 is 0 Å². The molecule has 154 valence electrons. The maximum absolute atomic E-state index is 8.97. The number of benzene rings is 1. The van der Waals surface area contributed by atoms with Gasteiger partial charge in [-0.05, 0) is 25.0 Å². The van der Waals surface area contributed by atoms with Crippen LogP contribution in [0.1, 0.15) is 35.3 Å². The molecule has 0 amide bonds. The number of anilines is 1. The number of nitrogens with zero attached hydrogens (tertiary/aromatic N) is 7. The average Bonchev–Trinajstić information content (AvgIpc) is 3.15. The van der Waals surface area contributed by atoms with Crippen LogP contribution < -0.4 is 4.90 Å². The highest BCUT2D eigenvalue weighted by atomic mass is 15.3. The molecule has 3 aromatic rings. The van der Waals surface area contributed by atoms with Gasteiger partial charge in [0.25, 0.3) is 0 Å². The van der Waals surface area contributed by atoms with Crippen molar-refractivity contribution in [1.29, 1.82) is 5.26 Å². The zero-order valence-electron chi connectivity index (χ0n) is 17.6. The molecule has 1 aliphatic rings. The lowest BCUT2D eigenvalue weighted by Gasteiger charge is -2.42. The third-order valence-corrected chi connectivity index (χ3v) is 5.89. The number of aryl methyl sites for hydroxylation is 1. The van der Waals surface area contributed by atoms with E-state index in [1.165, 1.54) is 16.8 Å². The van der Waals surface area contributed by atoms with E-state index in [1.807, 2.05) is 12.4 Å². The number of aromatic nitrogens is 4. The van der Waals surface area contributed by atoms with E-state index >= 15 is 0 Å². The summed E-state index contributed by atoms with van der Waals surface area (Å²) < 4.78 is 2.05. The van der Waals surface area contributed by atoms with Gasteiger partial charge in [0.1, 0.15) is 5.82 Å². The molecule has 1 aliphatic heterocycles. The maximum Gasteiger partial charge on any atom is 0.147 e. The molecule has 1 saturated heterocycles. The molecule has 7 nitrogen and oxygen atoms in total. The molecule has 3 heterocycles. The molecule has 7 heteroatoms. The predicted octanol–water partition coefficient (Wildman–Crippen LogP) is 3.13. The zero-order valence-corrected chi connectivity index (χ0v) is 17.6. The van der Waals surface area contributed by atoms with Crippen molar-refractivity contribution in [1.82, 2.24) is 24.6 Å². The largest absolute Gasteiger partial charge is 0.352 e. The molecular formula is C23H27N7. The molecule has 0 aliphatic carbocycles. The molecular weight excluding hydrogens is 374 g/mol. The van der Waals surface area contributed by atoms with Crippen LogP contribution in [0.5, 0.6) is 0 Å². The summed E-state index contributed by atoms with van der Waals surface area (Å²) in [5.41, 5.74) is 4.81. The average molecular weight is 402 g/mol. The van der Waals surface area contributed by atoms with Crippen LogP contribution in [0, 0.1) is 18.3 Å². The predicted molar refractivity (Wildman–Crippen MR) is 116 cm³/mol. The Morgan fingerprint density at radius 3 is 2.63 bits per heavy atom. The van der Waals surface area contributed by atoms with Gasteiger partial charge >= 0.3 is 0 Å². The SMILES string of the molecule is CCn1ncc(CN2CCN(c3cnccn3)CC2c2ccc(CC#N)cc2)c1C. The van der Waals surface area contributed by atoms with E-state index in [1.54, 1.807) is 12.4 Å². The van der Waals surface area contributed by atoms with E-state index in [-0.39, 0.29) is 6.04 Å². The lowest BCUT2D eigenvalue weighted by molar-refractivity contribution is 0.168. The number of hydrogen-bond acceptors (Lipinski definition) is 6. The molecule has 4 rings (SSSR count). The van der Waals surface area contributed by atoms with Crippen molar-refractivity contribution >= 4 is 5.82 Å². The van der Waals surface area contributed by atoms with E-state index in [4.69, 9.17) is 5.26 Å². The number of hydrogen-bond donors (Lipinski definition) is 0. The van der Waals surface area contributed by atoms with Gasteiger partial charge in [-0.2, -0.15) is 10.4 Å². The van der Waals surface area contributed by atoms with Crippen LogP contribution in [0.4, 0.5) is 5.82 Å². The lowest BCUT2D eigenvalue weighted by Crippen LogP contribution is -2.48. The van der Waals surface area contributed by atoms with E-state index in [0.29, 0.717) is 6.42 Å². The van der Waals surface area contributed by atoms with E-state index in [9.17, 15) is 0 Å². The van der Waals surface area contributed by atoms with Crippen LogP contribution in [0.3, 0.4) is 0 Å². The van der Waals surface area contributed by atoms with Gasteiger partial charge in [0.15, 0.2) is 0 Å². The van der Waals surface area contributed by atoms with Gasteiger partial charge in [-0.3, -0.25) is 14.6 Å². The summed E-state index contributed by atoms with van der Waals surface area (Å²) in [5, 5.41) is 13.5. The highest BCUT2D eigenvalue weighted by Crippen LogP contribution is 2.30. The molecule has 1 fully saturated rings. The van der Waals surface area contributed by atoms with Gasteiger partial charge < -0.3 is 4.90 Å². The van der Waals surface area contributed by atoms with Crippen molar-refractivity contribution in [2.45, 2.75) is 39.4 Å². The van der Waals surface area contributed by atoms with Gasteiger partial charge in [0.05, 0.1) is 30.9 Å². The Labute approximate surface area is 177 Å². The number of rotatable bonds is 6. The third kappa shape index (κ3) is 4.19. The summed E-state index contributed by atoms with van der Waals surface area (Å²) in [6, 6.07) is 10.9. The molecule has 0 N–H and O–H groups in total. The molecule has 0 bridgehead atoms. The van der Waals surface area contributed by atoms with Gasteiger partial charge in [0.2, 0.25) is 0 Å². The van der Waals surface area contributed by atoms with Crippen molar-refractivity contribution in [2.24, 2.45) is 0 Å². The zero-order chi connectivity index (χ0) is 20.9. The molecule has 0 saturated carbocycles. The Bertz CT molecular complexity index is 1000. The van der Waals surface area contributed by atoms with E-state index < -0.39 is 0 Å². The molecule has 1 unspecified atom stereocenters. The van der Waals surface area contributed by atoms with Crippen molar-refractivity contribution in [2.75, 3.05) is 24.5 Å². The molecule has 1 aromatic carbocycles. The molecule has 0 spiro atoms. The second-order valence-corrected chi connectivity index (χ2v) is 7.64. The Morgan fingerprint density at radius 2 is 1.97 bits per heavy atom. The van der Waals surface area contributed by atoms with Gasteiger partial charge in [-0.25, -0.2) is 4.98 Å². The van der Waals surface area contributed by atoms with Crippen LogP contribution in [0.25, 0.3) is 0 Å². The molecule has 0 radical (unpaired) electrons. The first-order chi connectivity index (χ1) is 14.7. The highest BCUT2D eigenvalue weighted by molar-refractivity contribution is 5.38. The van der Waals surface area contributed by atoms with Gasteiger partial charge in [-0.1, -0.05) is 24.3 Å². The Morgan fingerprint density at radius 1 is 1.13 bits per heavy atom. The van der Waals surface area contributed by atoms with Crippen LogP contribution in [0.15, 0.2) is 49.1 Å². The highest BCUT2D eigenvalue weighted by Gasteiger charge is 2.29. The van der Waals surface area contributed by atoms with E-state index in [2.05, 4.69) is 73.7 Å². The van der Waals surface area contributed by atoms with Crippen LogP contribution in [0.2, 0.25) is 0 Å². The fourth-order valence-electron chi connectivity index (χ4n) is 4.12. The fraction of sp³-hybridized carbons (Fsp3) is 0.391. The summed E-state index contributed by atoms with van der Waals surface area (Å²) in [6.45, 7) is 8.70. The molecule has 1 atom stereocenters. The van der Waals surface area contributed by atoms with Crippen molar-refractivity contribution in [3.05, 3.63) is 71.4 Å². The summed E-state index contributed by atoms with van der Waals surface area (Å²) in [6.07, 6.45) is 7.73. The quantitative estimate of drug-likeness (QED) is 0.632. The second kappa shape index (κ2) is 9.06. The second-order valence-electron chi connectivity index (χ2n) is 7.64.